The zero-order chi connectivity index (χ0) is 17.9. The van der Waals surface area contributed by atoms with Crippen molar-refractivity contribution in [2.24, 2.45) is 0 Å². The van der Waals surface area contributed by atoms with Gasteiger partial charge in [-0.05, 0) is 13.3 Å². The molecule has 0 rings (SSSR count). The number of hydrogen-bond donors (Lipinski definition) is 2. The highest BCUT2D eigenvalue weighted by atomic mass is 32.2. The molecule has 0 aromatic rings. The van der Waals surface area contributed by atoms with Gasteiger partial charge in [0.25, 0.3) is 10.1 Å². The smallest absolute Gasteiger partial charge is 0.335 e. The van der Waals surface area contributed by atoms with Crippen molar-refractivity contribution in [1.29, 1.82) is 0 Å². The molecule has 2 N–H and O–H groups in total. The van der Waals surface area contributed by atoms with Crippen LogP contribution < -0.4 is 0 Å². The molecule has 0 aromatic heterocycles. The second-order valence-corrected chi connectivity index (χ2v) is 7.16. The molecule has 0 radical (unpaired) electrons. The van der Waals surface area contributed by atoms with Crippen LogP contribution in [0, 0.1) is 0 Å². The normalized spacial score (nSPS) is 14.6. The van der Waals surface area contributed by atoms with Gasteiger partial charge in [0.1, 0.15) is 0 Å². The first-order chi connectivity index (χ1) is 10.7. The van der Waals surface area contributed by atoms with E-state index in [1.807, 2.05) is 0 Å². The molecule has 1 unspecified atom stereocenters. The van der Waals surface area contributed by atoms with Crippen LogP contribution in [0.2, 0.25) is 0 Å². The van der Waals surface area contributed by atoms with Gasteiger partial charge in [0.15, 0.2) is 0 Å². The Morgan fingerprint density at radius 3 is 2.17 bits per heavy atom. The molecule has 1 atom stereocenters. The van der Waals surface area contributed by atoms with Gasteiger partial charge in [0.2, 0.25) is 4.75 Å². The highest BCUT2D eigenvalue weighted by molar-refractivity contribution is 7.88. The Morgan fingerprint density at radius 1 is 1.13 bits per heavy atom. The number of carboxylic acid groups (broad SMARTS) is 1. The molecule has 0 bridgehead atoms. The van der Waals surface area contributed by atoms with E-state index in [9.17, 15) is 22.6 Å². The minimum Gasteiger partial charge on any atom is -0.481 e. The molecule has 8 heteroatoms. The van der Waals surface area contributed by atoms with Crippen LogP contribution in [0.3, 0.4) is 0 Å². The summed E-state index contributed by atoms with van der Waals surface area (Å²) in [6.45, 7) is 3.61. The summed E-state index contributed by atoms with van der Waals surface area (Å²) in [5.74, 6) is -2.76. The number of esters is 1. The molecule has 0 saturated carbocycles. The van der Waals surface area contributed by atoms with Crippen molar-refractivity contribution < 1.29 is 32.4 Å². The van der Waals surface area contributed by atoms with Crippen molar-refractivity contribution in [2.75, 3.05) is 0 Å². The minimum atomic E-state index is -4.94. The van der Waals surface area contributed by atoms with E-state index < -0.39 is 33.2 Å². The third kappa shape index (κ3) is 7.13. The van der Waals surface area contributed by atoms with Crippen LogP contribution in [0.5, 0.6) is 0 Å². The SMILES string of the molecule is CC=COC(=O)C(CCCCCCCC)(CC(=O)O)S(=O)(=O)O. The number of carbonyl (C=O) groups excluding carboxylic acids is 1. The van der Waals surface area contributed by atoms with E-state index in [2.05, 4.69) is 11.7 Å². The molecular weight excluding hydrogens is 324 g/mol. The molecule has 7 nitrogen and oxygen atoms in total. The van der Waals surface area contributed by atoms with Crippen LogP contribution in [0.4, 0.5) is 0 Å². The molecule has 0 aliphatic rings. The first-order valence-electron chi connectivity index (χ1n) is 7.72. The van der Waals surface area contributed by atoms with Crippen LogP contribution >= 0.6 is 0 Å². The van der Waals surface area contributed by atoms with Gasteiger partial charge in [-0.25, -0.2) is 4.79 Å². The highest BCUT2D eigenvalue weighted by Crippen LogP contribution is 2.30. The predicted octanol–water partition coefficient (Wildman–Crippen LogP) is 2.92. The van der Waals surface area contributed by atoms with Gasteiger partial charge >= 0.3 is 11.9 Å². The number of hydrogen-bond acceptors (Lipinski definition) is 5. The quantitative estimate of drug-likeness (QED) is 0.240. The van der Waals surface area contributed by atoms with E-state index in [0.717, 1.165) is 31.9 Å². The van der Waals surface area contributed by atoms with E-state index in [-0.39, 0.29) is 6.42 Å². The molecule has 0 heterocycles. The third-order valence-electron chi connectivity index (χ3n) is 3.55. The van der Waals surface area contributed by atoms with Crippen molar-refractivity contribution in [1.82, 2.24) is 0 Å². The summed E-state index contributed by atoms with van der Waals surface area (Å²) in [5, 5.41) is 8.96. The van der Waals surface area contributed by atoms with E-state index in [1.54, 1.807) is 6.92 Å². The molecule has 0 saturated heterocycles. The van der Waals surface area contributed by atoms with Crippen LogP contribution in [-0.4, -0.2) is 34.8 Å². The number of aliphatic carboxylic acids is 1. The summed E-state index contributed by atoms with van der Waals surface area (Å²) in [6, 6.07) is 0. The maximum atomic E-state index is 12.1. The molecular formula is C15H26O7S. The molecule has 134 valence electrons. The third-order valence-corrected chi connectivity index (χ3v) is 5.05. The number of ether oxygens (including phenoxy) is 1. The Hall–Kier alpha value is -1.41. The second kappa shape index (κ2) is 10.4. The van der Waals surface area contributed by atoms with Gasteiger partial charge in [0, 0.05) is 0 Å². The van der Waals surface area contributed by atoms with Gasteiger partial charge in [-0.1, -0.05) is 51.5 Å². The van der Waals surface area contributed by atoms with Crippen molar-refractivity contribution in [3.8, 4) is 0 Å². The van der Waals surface area contributed by atoms with Gasteiger partial charge < -0.3 is 9.84 Å². The van der Waals surface area contributed by atoms with Gasteiger partial charge in [-0.3, -0.25) is 9.35 Å². The monoisotopic (exact) mass is 350 g/mol. The van der Waals surface area contributed by atoms with Crippen LogP contribution in [0.1, 0.15) is 65.2 Å². The summed E-state index contributed by atoms with van der Waals surface area (Å²) < 4.78 is 35.1. The average Bonchev–Trinajstić information content (AvgIpc) is 2.45. The van der Waals surface area contributed by atoms with E-state index >= 15 is 0 Å². The lowest BCUT2D eigenvalue weighted by molar-refractivity contribution is -0.147. The molecule has 0 fully saturated rings. The average molecular weight is 350 g/mol. The standard InChI is InChI=1S/C15H26O7S/c1-3-5-6-7-8-9-10-15(12-13(16)17,23(19,20)21)14(18)22-11-4-2/h4,11H,3,5-10,12H2,1-2H3,(H,16,17)(H,19,20,21). The van der Waals surface area contributed by atoms with Crippen LogP contribution in [-0.2, 0) is 24.4 Å². The number of rotatable bonds is 12. The van der Waals surface area contributed by atoms with Gasteiger partial charge in [-0.15, -0.1) is 0 Å². The van der Waals surface area contributed by atoms with Crippen molar-refractivity contribution in [3.05, 3.63) is 12.3 Å². The first kappa shape index (κ1) is 21.6. The maximum absolute atomic E-state index is 12.1. The lowest BCUT2D eigenvalue weighted by Crippen LogP contribution is -2.48. The van der Waals surface area contributed by atoms with Crippen LogP contribution in [0.25, 0.3) is 0 Å². The minimum absolute atomic E-state index is 0.291. The van der Waals surface area contributed by atoms with Crippen molar-refractivity contribution >= 4 is 22.1 Å². The number of unbranched alkanes of at least 4 members (excludes halogenated alkanes) is 5. The fourth-order valence-corrected chi connectivity index (χ4v) is 3.23. The fourth-order valence-electron chi connectivity index (χ4n) is 2.26. The van der Waals surface area contributed by atoms with Crippen molar-refractivity contribution in [2.45, 2.75) is 70.0 Å². The summed E-state index contributed by atoms with van der Waals surface area (Å²) >= 11 is 0. The fraction of sp³-hybridized carbons (Fsp3) is 0.733. The summed E-state index contributed by atoms with van der Waals surface area (Å²) in [7, 11) is -4.94. The zero-order valence-electron chi connectivity index (χ0n) is 13.7. The molecule has 0 aliphatic carbocycles. The maximum Gasteiger partial charge on any atom is 0.335 e. The number of allylic oxidation sites excluding steroid dienone is 1. The van der Waals surface area contributed by atoms with E-state index in [1.165, 1.54) is 6.08 Å². The van der Waals surface area contributed by atoms with Gasteiger partial charge in [-0.2, -0.15) is 8.42 Å². The lowest BCUT2D eigenvalue weighted by Gasteiger charge is -2.26. The Labute approximate surface area is 137 Å². The summed E-state index contributed by atoms with van der Waals surface area (Å²) in [4.78, 5) is 23.1. The molecule has 0 amide bonds. The Kier molecular flexibility index (Phi) is 9.74. The Balaban J connectivity index is 5.16. The predicted molar refractivity (Wildman–Crippen MR) is 85.4 cm³/mol. The molecule has 0 aliphatic heterocycles. The highest BCUT2D eigenvalue weighted by Gasteiger charge is 2.52. The molecule has 0 aromatic carbocycles. The molecule has 23 heavy (non-hydrogen) atoms. The summed E-state index contributed by atoms with van der Waals surface area (Å²) in [5.41, 5.74) is 0. The number of carboxylic acids is 1. The van der Waals surface area contributed by atoms with Crippen molar-refractivity contribution in [3.63, 3.8) is 0 Å². The Bertz CT molecular complexity index is 510. The molecule has 0 spiro atoms. The van der Waals surface area contributed by atoms with Crippen LogP contribution in [0.15, 0.2) is 12.3 Å². The first-order valence-corrected chi connectivity index (χ1v) is 9.16. The zero-order valence-corrected chi connectivity index (χ0v) is 14.5. The van der Waals surface area contributed by atoms with E-state index in [0.29, 0.717) is 12.8 Å². The second-order valence-electron chi connectivity index (χ2n) is 5.43. The van der Waals surface area contributed by atoms with Gasteiger partial charge in [0.05, 0.1) is 12.7 Å². The largest absolute Gasteiger partial charge is 0.481 e. The lowest BCUT2D eigenvalue weighted by atomic mass is 9.96. The van der Waals surface area contributed by atoms with E-state index in [4.69, 9.17) is 5.11 Å². The Morgan fingerprint density at radius 2 is 1.70 bits per heavy atom. The summed E-state index contributed by atoms with van der Waals surface area (Å²) in [6.07, 6.45) is 5.91. The topological polar surface area (TPSA) is 118 Å². The number of carbonyl (C=O) groups is 2.